The fourth-order valence-corrected chi connectivity index (χ4v) is 3.43. The van der Waals surface area contributed by atoms with Crippen molar-refractivity contribution in [2.75, 3.05) is 13.7 Å². The van der Waals surface area contributed by atoms with Crippen LogP contribution in [0.15, 0.2) is 33.4 Å². The van der Waals surface area contributed by atoms with Gasteiger partial charge in [-0.1, -0.05) is 12.1 Å². The molecular weight excluding hydrogens is 338 g/mol. The average molecular weight is 356 g/mol. The van der Waals surface area contributed by atoms with Crippen LogP contribution in [0.3, 0.4) is 0 Å². The molecule has 5 heteroatoms. The number of benzene rings is 1. The Balaban J connectivity index is 2.32. The fourth-order valence-electron chi connectivity index (χ4n) is 2.23. The van der Waals surface area contributed by atoms with Crippen LogP contribution < -0.4 is 10.5 Å². The van der Waals surface area contributed by atoms with E-state index in [1.54, 1.807) is 18.4 Å². The Bertz CT molecular complexity index is 585. The summed E-state index contributed by atoms with van der Waals surface area (Å²) in [6.45, 7) is 2.37. The zero-order valence-corrected chi connectivity index (χ0v) is 13.9. The first-order valence-corrected chi connectivity index (χ1v) is 8.00. The number of rotatable bonds is 5. The third kappa shape index (κ3) is 3.23. The molecule has 0 aliphatic heterocycles. The van der Waals surface area contributed by atoms with Crippen molar-refractivity contribution in [1.29, 1.82) is 0 Å². The van der Waals surface area contributed by atoms with Gasteiger partial charge in [-0.15, -0.1) is 11.3 Å². The monoisotopic (exact) mass is 355 g/mol. The number of methoxy groups -OCH3 is 1. The maximum absolute atomic E-state index is 10.5. The fraction of sp³-hybridized carbons (Fsp3) is 0.333. The third-order valence-corrected chi connectivity index (χ3v) is 4.95. The van der Waals surface area contributed by atoms with Gasteiger partial charge in [0.2, 0.25) is 0 Å². The molecule has 0 saturated heterocycles. The summed E-state index contributed by atoms with van der Waals surface area (Å²) in [5, 5.41) is 12.5. The zero-order valence-electron chi connectivity index (χ0n) is 11.5. The lowest BCUT2D eigenvalue weighted by atomic mass is 9.89. The minimum Gasteiger partial charge on any atom is -0.496 e. The van der Waals surface area contributed by atoms with E-state index < -0.39 is 6.10 Å². The van der Waals surface area contributed by atoms with E-state index in [4.69, 9.17) is 10.5 Å². The van der Waals surface area contributed by atoms with E-state index in [9.17, 15) is 5.11 Å². The minimum absolute atomic E-state index is 0.147. The molecule has 3 N–H and O–H groups in total. The topological polar surface area (TPSA) is 55.5 Å². The highest BCUT2D eigenvalue weighted by atomic mass is 79.9. The first kappa shape index (κ1) is 15.5. The van der Waals surface area contributed by atoms with Crippen LogP contribution in [-0.4, -0.2) is 18.8 Å². The number of aliphatic hydroxyl groups is 1. The van der Waals surface area contributed by atoms with Gasteiger partial charge in [-0.3, -0.25) is 0 Å². The van der Waals surface area contributed by atoms with Crippen molar-refractivity contribution in [3.05, 3.63) is 50.1 Å². The molecule has 2 aromatic rings. The summed E-state index contributed by atoms with van der Waals surface area (Å²) in [4.78, 5) is 0. The molecule has 0 bridgehead atoms. The van der Waals surface area contributed by atoms with E-state index >= 15 is 0 Å². The summed E-state index contributed by atoms with van der Waals surface area (Å²) < 4.78 is 6.35. The number of aryl methyl sites for hydroxylation is 1. The Hall–Kier alpha value is -0.880. The zero-order chi connectivity index (χ0) is 14.7. The maximum atomic E-state index is 10.5. The van der Waals surface area contributed by atoms with E-state index in [1.807, 2.05) is 36.6 Å². The number of hydrogen-bond acceptors (Lipinski definition) is 4. The quantitative estimate of drug-likeness (QED) is 0.861. The second kappa shape index (κ2) is 6.72. The molecule has 2 rings (SSSR count). The highest BCUT2D eigenvalue weighted by Crippen LogP contribution is 2.35. The van der Waals surface area contributed by atoms with Crippen molar-refractivity contribution >= 4 is 27.3 Å². The van der Waals surface area contributed by atoms with Crippen molar-refractivity contribution in [1.82, 2.24) is 0 Å². The number of thiophene rings is 1. The third-order valence-electron chi connectivity index (χ3n) is 3.42. The summed E-state index contributed by atoms with van der Waals surface area (Å²) in [5.74, 6) is 0.672. The predicted octanol–water partition coefficient (Wildman–Crippen LogP) is 3.60. The van der Waals surface area contributed by atoms with Crippen LogP contribution in [0.4, 0.5) is 0 Å². The van der Waals surface area contributed by atoms with Crippen LogP contribution in [0, 0.1) is 6.92 Å². The van der Waals surface area contributed by atoms with E-state index in [0.29, 0.717) is 6.54 Å². The maximum Gasteiger partial charge on any atom is 0.122 e. The largest absolute Gasteiger partial charge is 0.496 e. The number of hydrogen-bond donors (Lipinski definition) is 2. The number of halogens is 1. The van der Waals surface area contributed by atoms with Crippen LogP contribution in [-0.2, 0) is 0 Å². The SMILES string of the molecule is COc1cc(C(CN)C(O)c2csc(Br)c2)ccc1C. The minimum atomic E-state index is -0.616. The molecule has 0 amide bonds. The van der Waals surface area contributed by atoms with Gasteiger partial charge in [0.25, 0.3) is 0 Å². The van der Waals surface area contributed by atoms with Crippen molar-refractivity contribution in [2.45, 2.75) is 18.9 Å². The Morgan fingerprint density at radius 2 is 2.10 bits per heavy atom. The molecule has 0 aliphatic rings. The molecule has 0 aliphatic carbocycles. The Kier molecular flexibility index (Phi) is 5.21. The molecule has 3 nitrogen and oxygen atoms in total. The van der Waals surface area contributed by atoms with E-state index in [1.165, 1.54) is 0 Å². The average Bonchev–Trinajstić information content (AvgIpc) is 2.88. The molecule has 2 atom stereocenters. The lowest BCUT2D eigenvalue weighted by Gasteiger charge is -2.22. The molecule has 2 unspecified atom stereocenters. The second-order valence-electron chi connectivity index (χ2n) is 4.70. The summed E-state index contributed by atoms with van der Waals surface area (Å²) >= 11 is 4.97. The van der Waals surface area contributed by atoms with Gasteiger partial charge in [-0.25, -0.2) is 0 Å². The standard InChI is InChI=1S/C15H18BrNO2S/c1-9-3-4-10(5-13(9)19-2)12(7-17)15(18)11-6-14(16)20-8-11/h3-6,8,12,15,18H,7,17H2,1-2H3. The summed E-state index contributed by atoms with van der Waals surface area (Å²) in [5.41, 5.74) is 8.82. The van der Waals surface area contributed by atoms with Crippen LogP contribution >= 0.6 is 27.3 Å². The smallest absolute Gasteiger partial charge is 0.122 e. The highest BCUT2D eigenvalue weighted by Gasteiger charge is 2.23. The van der Waals surface area contributed by atoms with Gasteiger partial charge in [0.15, 0.2) is 0 Å². The van der Waals surface area contributed by atoms with Crippen molar-refractivity contribution in [2.24, 2.45) is 5.73 Å². The predicted molar refractivity (Wildman–Crippen MR) is 86.5 cm³/mol. The van der Waals surface area contributed by atoms with Gasteiger partial charge in [0, 0.05) is 12.5 Å². The Morgan fingerprint density at radius 1 is 1.35 bits per heavy atom. The molecule has 1 aromatic carbocycles. The first-order valence-electron chi connectivity index (χ1n) is 6.33. The van der Waals surface area contributed by atoms with Gasteiger partial charge in [0.05, 0.1) is 17.0 Å². The van der Waals surface area contributed by atoms with Crippen LogP contribution in [0.5, 0.6) is 5.75 Å². The van der Waals surface area contributed by atoms with Crippen LogP contribution in [0.2, 0.25) is 0 Å². The van der Waals surface area contributed by atoms with Gasteiger partial charge in [-0.05, 0) is 57.1 Å². The molecule has 1 aromatic heterocycles. The molecule has 20 heavy (non-hydrogen) atoms. The van der Waals surface area contributed by atoms with Crippen molar-refractivity contribution in [3.8, 4) is 5.75 Å². The van der Waals surface area contributed by atoms with Crippen molar-refractivity contribution < 1.29 is 9.84 Å². The summed E-state index contributed by atoms with van der Waals surface area (Å²) in [6.07, 6.45) is -0.616. The van der Waals surface area contributed by atoms with E-state index in [-0.39, 0.29) is 5.92 Å². The Morgan fingerprint density at radius 3 is 2.65 bits per heavy atom. The second-order valence-corrected chi connectivity index (χ2v) is 6.99. The number of aliphatic hydroxyl groups excluding tert-OH is 1. The number of nitrogens with two attached hydrogens (primary N) is 1. The van der Waals surface area contributed by atoms with Crippen LogP contribution in [0.1, 0.15) is 28.7 Å². The number of ether oxygens (including phenoxy) is 1. The molecule has 0 saturated carbocycles. The molecule has 1 heterocycles. The van der Waals surface area contributed by atoms with Crippen molar-refractivity contribution in [3.63, 3.8) is 0 Å². The molecule has 0 radical (unpaired) electrons. The lowest BCUT2D eigenvalue weighted by molar-refractivity contribution is 0.148. The van der Waals surface area contributed by atoms with E-state index in [2.05, 4.69) is 15.9 Å². The molecule has 108 valence electrons. The Labute approximate surface area is 131 Å². The van der Waals surface area contributed by atoms with Gasteiger partial charge in [0.1, 0.15) is 5.75 Å². The normalized spacial score (nSPS) is 14.1. The molecule has 0 fully saturated rings. The summed E-state index contributed by atoms with van der Waals surface area (Å²) in [6, 6.07) is 7.88. The first-order chi connectivity index (χ1) is 9.56. The van der Waals surface area contributed by atoms with Gasteiger partial charge in [-0.2, -0.15) is 0 Å². The van der Waals surface area contributed by atoms with E-state index in [0.717, 1.165) is 26.2 Å². The highest BCUT2D eigenvalue weighted by molar-refractivity contribution is 9.11. The summed E-state index contributed by atoms with van der Waals surface area (Å²) in [7, 11) is 1.65. The van der Waals surface area contributed by atoms with Gasteiger partial charge >= 0.3 is 0 Å². The molecular formula is C15H18BrNO2S. The van der Waals surface area contributed by atoms with Crippen LogP contribution in [0.25, 0.3) is 0 Å². The lowest BCUT2D eigenvalue weighted by Crippen LogP contribution is -2.20. The molecule has 0 spiro atoms. The van der Waals surface area contributed by atoms with Gasteiger partial charge < -0.3 is 15.6 Å².